The van der Waals surface area contributed by atoms with Gasteiger partial charge in [-0.05, 0) is 42.5 Å². The van der Waals surface area contributed by atoms with Crippen LogP contribution >= 0.6 is 12.2 Å². The van der Waals surface area contributed by atoms with E-state index in [2.05, 4.69) is 15.5 Å². The Morgan fingerprint density at radius 1 is 1.11 bits per heavy atom. The maximum Gasteiger partial charge on any atom is 0.337 e. The lowest BCUT2D eigenvalue weighted by atomic mass is 10.1. The summed E-state index contributed by atoms with van der Waals surface area (Å²) >= 11 is 5.34. The van der Waals surface area contributed by atoms with Crippen molar-refractivity contribution in [3.05, 3.63) is 76.0 Å². The van der Waals surface area contributed by atoms with Crippen LogP contribution in [0.1, 0.15) is 20.9 Å². The number of benzene rings is 2. The predicted octanol–water partition coefficient (Wildman–Crippen LogP) is 3.60. The van der Waals surface area contributed by atoms with Crippen LogP contribution in [0.15, 0.2) is 59.0 Å². The molecule has 1 saturated heterocycles. The van der Waals surface area contributed by atoms with Crippen molar-refractivity contribution in [2.24, 2.45) is 0 Å². The van der Waals surface area contributed by atoms with Crippen LogP contribution < -0.4 is 15.5 Å². The molecule has 0 aliphatic carbocycles. The summed E-state index contributed by atoms with van der Waals surface area (Å²) < 4.78 is 15.8. The number of thiocarbonyl (C=S) groups is 1. The molecule has 0 radical (unpaired) electrons. The van der Waals surface area contributed by atoms with Crippen molar-refractivity contribution in [2.45, 2.75) is 0 Å². The highest BCUT2D eigenvalue weighted by molar-refractivity contribution is 7.80. The third kappa shape index (κ3) is 5.67. The molecule has 186 valence electrons. The Labute approximate surface area is 211 Å². The molecule has 4 rings (SSSR count). The maximum atomic E-state index is 12.7. The van der Waals surface area contributed by atoms with Crippen LogP contribution in [-0.4, -0.2) is 55.3 Å². The van der Waals surface area contributed by atoms with Gasteiger partial charge in [0.15, 0.2) is 10.9 Å². The van der Waals surface area contributed by atoms with E-state index in [4.69, 9.17) is 26.1 Å². The number of rotatable bonds is 6. The Balaban J connectivity index is 1.49. The normalized spacial score (nSPS) is 13.1. The molecule has 0 spiro atoms. The number of ether oxygens (including phenoxy) is 2. The zero-order valence-electron chi connectivity index (χ0n) is 19.2. The number of nitrogens with zero attached hydrogens (tertiary/aromatic N) is 2. The van der Waals surface area contributed by atoms with Gasteiger partial charge < -0.3 is 24.1 Å². The minimum absolute atomic E-state index is 0.00942. The fraction of sp³-hybridized carbons (Fsp3) is 0.208. The predicted molar refractivity (Wildman–Crippen MR) is 135 cm³/mol. The summed E-state index contributed by atoms with van der Waals surface area (Å²) in [5, 5.41) is 16.5. The number of morpholine rings is 1. The van der Waals surface area contributed by atoms with E-state index in [9.17, 15) is 19.7 Å². The van der Waals surface area contributed by atoms with Gasteiger partial charge in [-0.25, -0.2) is 4.79 Å². The van der Waals surface area contributed by atoms with Gasteiger partial charge in [-0.15, -0.1) is 0 Å². The molecule has 2 N–H and O–H groups in total. The number of non-ortho nitro benzene ring substituents is 1. The second kappa shape index (κ2) is 11.0. The molecule has 3 aromatic rings. The maximum absolute atomic E-state index is 12.7. The highest BCUT2D eigenvalue weighted by atomic mass is 32.1. The van der Waals surface area contributed by atoms with Gasteiger partial charge in [0.1, 0.15) is 5.76 Å². The first-order valence-electron chi connectivity index (χ1n) is 10.9. The standard InChI is InChI=1S/C24H22N4O7S/c1-33-23(30)16-5-6-19(27-9-11-34-12-10-27)18(14-16)25-24(36)26-22(29)21-8-7-20(35-21)15-3-2-4-17(13-15)28(31)32/h2-8,13-14H,9-12H2,1H3,(H2,25,26,29,36). The number of furan rings is 1. The number of hydrogen-bond donors (Lipinski definition) is 2. The Kier molecular flexibility index (Phi) is 7.56. The highest BCUT2D eigenvalue weighted by Crippen LogP contribution is 2.29. The molecule has 1 aromatic heterocycles. The summed E-state index contributed by atoms with van der Waals surface area (Å²) in [7, 11) is 1.29. The van der Waals surface area contributed by atoms with Crippen LogP contribution in [0.3, 0.4) is 0 Å². The van der Waals surface area contributed by atoms with E-state index in [0.717, 1.165) is 5.69 Å². The number of nitro groups is 1. The molecule has 1 fully saturated rings. The third-order valence-electron chi connectivity index (χ3n) is 5.42. The number of methoxy groups -OCH3 is 1. The summed E-state index contributed by atoms with van der Waals surface area (Å²) in [4.78, 5) is 37.4. The molecule has 12 heteroatoms. The number of carbonyl (C=O) groups is 2. The van der Waals surface area contributed by atoms with Gasteiger partial charge in [-0.2, -0.15) is 0 Å². The molecular weight excluding hydrogens is 488 g/mol. The zero-order valence-corrected chi connectivity index (χ0v) is 20.0. The van der Waals surface area contributed by atoms with E-state index in [1.807, 2.05) is 0 Å². The molecular formula is C24H22N4O7S. The molecule has 1 aliphatic heterocycles. The lowest BCUT2D eigenvalue weighted by Gasteiger charge is -2.31. The molecule has 0 saturated carbocycles. The van der Waals surface area contributed by atoms with Crippen LogP contribution in [0, 0.1) is 10.1 Å². The number of nitro benzene ring substituents is 1. The van der Waals surface area contributed by atoms with Crippen LogP contribution in [0.25, 0.3) is 11.3 Å². The quantitative estimate of drug-likeness (QED) is 0.219. The van der Waals surface area contributed by atoms with Gasteiger partial charge in [0.05, 0.1) is 42.2 Å². The largest absolute Gasteiger partial charge is 0.465 e. The molecule has 0 atom stereocenters. The second-order valence-electron chi connectivity index (χ2n) is 7.70. The Hall–Kier alpha value is -4.29. The minimum atomic E-state index is -0.610. The topological polar surface area (TPSA) is 136 Å². The third-order valence-corrected chi connectivity index (χ3v) is 5.62. The van der Waals surface area contributed by atoms with Crippen LogP contribution in [0.4, 0.5) is 17.1 Å². The van der Waals surface area contributed by atoms with Crippen molar-refractivity contribution in [1.29, 1.82) is 0 Å². The van der Waals surface area contributed by atoms with E-state index in [-0.39, 0.29) is 16.6 Å². The zero-order chi connectivity index (χ0) is 25.7. The number of anilines is 2. The monoisotopic (exact) mass is 510 g/mol. The summed E-state index contributed by atoms with van der Waals surface area (Å²) in [6.07, 6.45) is 0. The average Bonchev–Trinajstić information content (AvgIpc) is 3.39. The number of amides is 1. The van der Waals surface area contributed by atoms with Crippen molar-refractivity contribution in [3.8, 4) is 11.3 Å². The molecule has 2 heterocycles. The van der Waals surface area contributed by atoms with Crippen LogP contribution in [0.2, 0.25) is 0 Å². The SMILES string of the molecule is COC(=O)c1ccc(N2CCOCC2)c(NC(=S)NC(=O)c2ccc(-c3cccc([N+](=O)[O-])c3)o2)c1. The first-order chi connectivity index (χ1) is 17.4. The van der Waals surface area contributed by atoms with Crippen molar-refractivity contribution in [3.63, 3.8) is 0 Å². The van der Waals surface area contributed by atoms with E-state index in [0.29, 0.717) is 48.9 Å². The first kappa shape index (κ1) is 24.8. The summed E-state index contributed by atoms with van der Waals surface area (Å²) in [5.74, 6) is -0.854. The van der Waals surface area contributed by atoms with Gasteiger partial charge in [0.2, 0.25) is 0 Å². The van der Waals surface area contributed by atoms with E-state index in [1.54, 1.807) is 30.3 Å². The van der Waals surface area contributed by atoms with Crippen molar-refractivity contribution in [1.82, 2.24) is 5.32 Å². The van der Waals surface area contributed by atoms with E-state index in [1.165, 1.54) is 31.4 Å². The van der Waals surface area contributed by atoms with Gasteiger partial charge >= 0.3 is 5.97 Å². The number of carbonyl (C=O) groups excluding carboxylic acids is 2. The molecule has 36 heavy (non-hydrogen) atoms. The smallest absolute Gasteiger partial charge is 0.337 e. The Morgan fingerprint density at radius 2 is 1.89 bits per heavy atom. The van der Waals surface area contributed by atoms with Gasteiger partial charge in [-0.3, -0.25) is 20.2 Å². The van der Waals surface area contributed by atoms with Crippen molar-refractivity contribution in [2.75, 3.05) is 43.6 Å². The fourth-order valence-corrected chi connectivity index (χ4v) is 3.87. The Bertz CT molecular complexity index is 1320. The molecule has 1 amide bonds. The molecule has 1 aliphatic rings. The average molecular weight is 511 g/mol. The minimum Gasteiger partial charge on any atom is -0.465 e. The lowest BCUT2D eigenvalue weighted by Crippen LogP contribution is -2.38. The summed E-state index contributed by atoms with van der Waals surface area (Å²) in [6, 6.07) is 13.9. The van der Waals surface area contributed by atoms with Gasteiger partial charge in [-0.1, -0.05) is 12.1 Å². The van der Waals surface area contributed by atoms with Crippen LogP contribution in [0.5, 0.6) is 0 Å². The fourth-order valence-electron chi connectivity index (χ4n) is 3.67. The van der Waals surface area contributed by atoms with E-state index < -0.39 is 16.8 Å². The molecule has 2 aromatic carbocycles. The van der Waals surface area contributed by atoms with Gasteiger partial charge in [0.25, 0.3) is 11.6 Å². The Morgan fingerprint density at radius 3 is 2.61 bits per heavy atom. The van der Waals surface area contributed by atoms with Crippen molar-refractivity contribution < 1.29 is 28.4 Å². The highest BCUT2D eigenvalue weighted by Gasteiger charge is 2.20. The molecule has 11 nitrogen and oxygen atoms in total. The van der Waals surface area contributed by atoms with Crippen molar-refractivity contribution >= 4 is 46.3 Å². The molecule has 0 unspecified atom stereocenters. The van der Waals surface area contributed by atoms with Crippen LogP contribution in [-0.2, 0) is 9.47 Å². The molecule has 0 bridgehead atoms. The van der Waals surface area contributed by atoms with E-state index >= 15 is 0 Å². The van der Waals surface area contributed by atoms with Gasteiger partial charge in [0, 0.05) is 30.8 Å². The lowest BCUT2D eigenvalue weighted by molar-refractivity contribution is -0.384. The first-order valence-corrected chi connectivity index (χ1v) is 11.3. The second-order valence-corrected chi connectivity index (χ2v) is 8.11. The summed E-state index contributed by atoms with van der Waals surface area (Å²) in [6.45, 7) is 2.42. The number of hydrogen-bond acceptors (Lipinski definition) is 9. The number of esters is 1. The number of nitrogens with one attached hydrogen (secondary N) is 2. The summed E-state index contributed by atoms with van der Waals surface area (Å²) in [5.41, 5.74) is 1.98.